The van der Waals surface area contributed by atoms with Crippen molar-refractivity contribution in [2.24, 2.45) is 11.8 Å². The highest BCUT2D eigenvalue weighted by Crippen LogP contribution is 2.49. The first-order chi connectivity index (χ1) is 17.2. The van der Waals surface area contributed by atoms with Gasteiger partial charge in [0.2, 0.25) is 5.95 Å². The number of benzene rings is 1. The van der Waals surface area contributed by atoms with Crippen LogP contribution in [0.2, 0.25) is 0 Å². The van der Waals surface area contributed by atoms with Gasteiger partial charge in [-0.3, -0.25) is 4.31 Å². The van der Waals surface area contributed by atoms with E-state index in [-0.39, 0.29) is 12.3 Å². The maximum absolute atomic E-state index is 15.6. The molecule has 0 bridgehead atoms. The van der Waals surface area contributed by atoms with Crippen LogP contribution < -0.4 is 9.04 Å². The summed E-state index contributed by atoms with van der Waals surface area (Å²) in [5.74, 6) is 0.922. The summed E-state index contributed by atoms with van der Waals surface area (Å²) in [7, 11) is 5.68. The van der Waals surface area contributed by atoms with Gasteiger partial charge in [-0.05, 0) is 93.0 Å². The van der Waals surface area contributed by atoms with Gasteiger partial charge in [0.05, 0.1) is 18.9 Å². The number of hydrogen-bond donors (Lipinski definition) is 1. The molecule has 2 aromatic rings. The molecule has 1 aromatic heterocycles. The number of anilines is 1. The summed E-state index contributed by atoms with van der Waals surface area (Å²) in [6.07, 6.45) is 2.94. The van der Waals surface area contributed by atoms with Gasteiger partial charge in [0.1, 0.15) is 23.3 Å². The van der Waals surface area contributed by atoms with Crippen LogP contribution in [0.15, 0.2) is 53.6 Å². The molecule has 0 spiro atoms. The lowest BCUT2D eigenvalue weighted by molar-refractivity contribution is -0.00895. The molecule has 2 aliphatic carbocycles. The van der Waals surface area contributed by atoms with Crippen LogP contribution >= 0.6 is 23.5 Å². The lowest BCUT2D eigenvalue weighted by Crippen LogP contribution is -2.46. The van der Waals surface area contributed by atoms with Crippen LogP contribution in [0.3, 0.4) is 0 Å². The molecule has 1 aromatic carbocycles. The van der Waals surface area contributed by atoms with E-state index in [9.17, 15) is 9.50 Å². The van der Waals surface area contributed by atoms with Crippen molar-refractivity contribution in [1.29, 1.82) is 0 Å². The average molecular weight is 538 g/mol. The van der Waals surface area contributed by atoms with Crippen molar-refractivity contribution >= 4 is 29.4 Å². The summed E-state index contributed by atoms with van der Waals surface area (Å²) in [6, 6.07) is 12.1. The van der Waals surface area contributed by atoms with Gasteiger partial charge in [0, 0.05) is 18.0 Å². The summed E-state index contributed by atoms with van der Waals surface area (Å²) in [6.45, 7) is 1.32. The number of hydrogen-bond acceptors (Lipinski definition) is 6. The molecule has 0 radical (unpaired) electrons. The smallest absolute Gasteiger partial charge is 0.214 e. The van der Waals surface area contributed by atoms with Crippen LogP contribution in [-0.4, -0.2) is 59.8 Å². The molecule has 1 heterocycles. The Kier molecular flexibility index (Phi) is 8.81. The zero-order valence-electron chi connectivity index (χ0n) is 20.9. The summed E-state index contributed by atoms with van der Waals surface area (Å²) in [5, 5.41) is 11.2. The van der Waals surface area contributed by atoms with E-state index in [2.05, 4.69) is 9.88 Å². The molecule has 5 nitrogen and oxygen atoms in total. The van der Waals surface area contributed by atoms with Gasteiger partial charge in [-0.15, -0.1) is 0 Å². The molecule has 9 heteroatoms. The van der Waals surface area contributed by atoms with Crippen LogP contribution in [-0.2, 0) is 6.54 Å². The van der Waals surface area contributed by atoms with Crippen molar-refractivity contribution in [3.8, 4) is 5.75 Å². The molecular weight excluding hydrogens is 504 g/mol. The number of aromatic nitrogens is 1. The SMILES string of the molecule is COc1ccc(CN(SC2C=C(Cl)[C@@](O)([C@@H]3CC[C@@H](CN(C)C)C3)CC2F)c2cccc(F)n2)cc1. The number of ether oxygens (including phenoxy) is 1. The molecular formula is C27H34ClF2N3O2S. The number of nitrogens with zero attached hydrogens (tertiary/aromatic N) is 3. The fourth-order valence-electron chi connectivity index (χ4n) is 5.31. The van der Waals surface area contributed by atoms with Gasteiger partial charge in [-0.25, -0.2) is 9.37 Å². The van der Waals surface area contributed by atoms with E-state index in [1.54, 1.807) is 29.6 Å². The van der Waals surface area contributed by atoms with Gasteiger partial charge in [-0.2, -0.15) is 4.39 Å². The van der Waals surface area contributed by atoms with Crippen LogP contribution in [0.25, 0.3) is 0 Å². The Labute approximate surface area is 221 Å². The normalized spacial score (nSPS) is 28.3. The molecule has 0 saturated heterocycles. The van der Waals surface area contributed by atoms with Crippen molar-refractivity contribution in [3.05, 3.63) is 65.1 Å². The van der Waals surface area contributed by atoms with E-state index in [0.29, 0.717) is 23.3 Å². The predicted octanol–water partition coefficient (Wildman–Crippen LogP) is 5.83. The van der Waals surface area contributed by atoms with Crippen LogP contribution in [0.5, 0.6) is 5.75 Å². The van der Waals surface area contributed by atoms with Crippen molar-refractivity contribution in [2.45, 2.75) is 49.3 Å². The Morgan fingerprint density at radius 3 is 2.61 bits per heavy atom. The highest BCUT2D eigenvalue weighted by Gasteiger charge is 2.49. The molecule has 2 aliphatic rings. The van der Waals surface area contributed by atoms with E-state index in [1.807, 2.05) is 38.4 Å². The Bertz CT molecular complexity index is 1060. The second-order valence-electron chi connectivity index (χ2n) is 10.1. The number of methoxy groups -OCH3 is 1. The van der Waals surface area contributed by atoms with Crippen molar-refractivity contribution in [3.63, 3.8) is 0 Å². The summed E-state index contributed by atoms with van der Waals surface area (Å²) in [5.41, 5.74) is -0.415. The van der Waals surface area contributed by atoms with Gasteiger partial charge < -0.3 is 14.7 Å². The maximum atomic E-state index is 15.6. The molecule has 2 unspecified atom stereocenters. The van der Waals surface area contributed by atoms with E-state index in [1.165, 1.54) is 18.0 Å². The summed E-state index contributed by atoms with van der Waals surface area (Å²) in [4.78, 5) is 6.17. The first kappa shape index (κ1) is 27.2. The Morgan fingerprint density at radius 2 is 1.94 bits per heavy atom. The molecule has 0 aliphatic heterocycles. The lowest BCUT2D eigenvalue weighted by Gasteiger charge is -2.41. The predicted molar refractivity (Wildman–Crippen MR) is 143 cm³/mol. The molecule has 0 amide bonds. The second-order valence-corrected chi connectivity index (χ2v) is 11.7. The zero-order chi connectivity index (χ0) is 25.9. The molecule has 1 N–H and O–H groups in total. The monoisotopic (exact) mass is 537 g/mol. The number of alkyl halides is 1. The molecule has 196 valence electrons. The van der Waals surface area contributed by atoms with Crippen molar-refractivity contribution in [1.82, 2.24) is 9.88 Å². The summed E-state index contributed by atoms with van der Waals surface area (Å²) >= 11 is 7.89. The lowest BCUT2D eigenvalue weighted by atomic mass is 9.77. The van der Waals surface area contributed by atoms with E-state index < -0.39 is 23.0 Å². The highest BCUT2D eigenvalue weighted by molar-refractivity contribution is 8.01. The third-order valence-electron chi connectivity index (χ3n) is 7.12. The number of halogens is 3. The van der Waals surface area contributed by atoms with Gasteiger partial charge in [0.15, 0.2) is 0 Å². The third-order valence-corrected chi connectivity index (χ3v) is 8.82. The highest BCUT2D eigenvalue weighted by atomic mass is 35.5. The standard InChI is InChI=1S/C27H34ClF2N3O2S/c1-32(2)16-19-7-10-20(13-19)27(34)15-22(29)23(14-24(27)28)36-33(26-6-4-5-25(30)31-26)17-18-8-11-21(35-3)12-9-18/h4-6,8-9,11-12,14,19-20,22-23,34H,7,10,13,15-17H2,1-3H3/t19-,20-,22?,23?,27+/m1/s1. The van der Waals surface area contributed by atoms with Gasteiger partial charge >= 0.3 is 0 Å². The number of aliphatic hydroxyl groups is 1. The fraction of sp³-hybridized carbons (Fsp3) is 0.519. The molecule has 36 heavy (non-hydrogen) atoms. The van der Waals surface area contributed by atoms with Crippen LogP contribution in [0, 0.1) is 17.8 Å². The third kappa shape index (κ3) is 6.33. The Balaban J connectivity index is 1.53. The van der Waals surface area contributed by atoms with Crippen LogP contribution in [0.1, 0.15) is 31.2 Å². The van der Waals surface area contributed by atoms with Crippen LogP contribution in [0.4, 0.5) is 14.6 Å². The Hall–Kier alpha value is -1.87. The minimum absolute atomic E-state index is 0.0493. The van der Waals surface area contributed by atoms with E-state index in [0.717, 1.165) is 37.1 Å². The topological polar surface area (TPSA) is 48.8 Å². The zero-order valence-corrected chi connectivity index (χ0v) is 22.5. The second kappa shape index (κ2) is 11.7. The average Bonchev–Trinajstić information content (AvgIpc) is 3.31. The van der Waals surface area contributed by atoms with E-state index >= 15 is 4.39 Å². The minimum Gasteiger partial charge on any atom is -0.497 e. The molecule has 4 rings (SSSR count). The largest absolute Gasteiger partial charge is 0.497 e. The molecule has 5 atom stereocenters. The fourth-order valence-corrected chi connectivity index (χ4v) is 6.90. The summed E-state index contributed by atoms with van der Waals surface area (Å²) < 4.78 is 36.6. The molecule has 1 saturated carbocycles. The molecule has 1 fully saturated rings. The number of pyridine rings is 1. The first-order valence-corrected chi connectivity index (χ1v) is 13.5. The van der Waals surface area contributed by atoms with Gasteiger partial charge in [-0.1, -0.05) is 29.8 Å². The maximum Gasteiger partial charge on any atom is 0.214 e. The quantitative estimate of drug-likeness (QED) is 0.321. The number of rotatable bonds is 9. The van der Waals surface area contributed by atoms with E-state index in [4.69, 9.17) is 16.3 Å². The van der Waals surface area contributed by atoms with Gasteiger partial charge in [0.25, 0.3) is 0 Å². The van der Waals surface area contributed by atoms with Crippen molar-refractivity contribution < 1.29 is 18.6 Å². The minimum atomic E-state index is -1.35. The van der Waals surface area contributed by atoms with Crippen molar-refractivity contribution in [2.75, 3.05) is 32.1 Å². The Morgan fingerprint density at radius 1 is 1.19 bits per heavy atom. The first-order valence-electron chi connectivity index (χ1n) is 12.3.